The van der Waals surface area contributed by atoms with Crippen molar-refractivity contribution >= 4 is 12.6 Å². The third-order valence-corrected chi connectivity index (χ3v) is 1.76. The van der Waals surface area contributed by atoms with E-state index in [9.17, 15) is 0 Å². The van der Waals surface area contributed by atoms with Gasteiger partial charge in [-0.25, -0.2) is 0 Å². The fourth-order valence-electron chi connectivity index (χ4n) is 0.394. The summed E-state index contributed by atoms with van der Waals surface area (Å²) in [5.41, 5.74) is 0. The van der Waals surface area contributed by atoms with Crippen LogP contribution < -0.4 is 0 Å². The molecule has 0 aromatic rings. The smallest absolute Gasteiger partial charge is 0.0886 e. The van der Waals surface area contributed by atoms with Gasteiger partial charge in [-0.15, -0.1) is 0 Å². The maximum atomic E-state index is 8.80. The molecule has 2 atom stereocenters. The third kappa shape index (κ3) is 2.55. The third-order valence-electron chi connectivity index (χ3n) is 1.05. The summed E-state index contributed by atoms with van der Waals surface area (Å²) < 4.78 is 0. The minimum absolute atomic E-state index is 0.0833. The number of aliphatic hydroxyl groups excluding tert-OH is 2. The van der Waals surface area contributed by atoms with Crippen LogP contribution in [0.25, 0.3) is 0 Å². The van der Waals surface area contributed by atoms with E-state index in [2.05, 4.69) is 12.6 Å². The van der Waals surface area contributed by atoms with Crippen LogP contribution in [0.5, 0.6) is 0 Å². The van der Waals surface area contributed by atoms with E-state index in [1.54, 1.807) is 0 Å². The highest BCUT2D eigenvalue weighted by atomic mass is 32.1. The van der Waals surface area contributed by atoms with Crippen LogP contribution >= 0.6 is 12.6 Å². The van der Waals surface area contributed by atoms with Gasteiger partial charge >= 0.3 is 0 Å². The molecule has 0 spiro atoms. The summed E-state index contributed by atoms with van der Waals surface area (Å²) in [4.78, 5) is 0. The van der Waals surface area contributed by atoms with Gasteiger partial charge < -0.3 is 10.2 Å². The van der Waals surface area contributed by atoms with E-state index < -0.39 is 6.10 Å². The lowest BCUT2D eigenvalue weighted by molar-refractivity contribution is 0.0928. The number of hydrogen-bond donors (Lipinski definition) is 3. The zero-order chi connectivity index (χ0) is 6.57. The lowest BCUT2D eigenvalue weighted by atomic mass is 10.2. The van der Waals surface area contributed by atoms with Crippen LogP contribution in [0.4, 0.5) is 0 Å². The first-order valence-electron chi connectivity index (χ1n) is 2.69. The second-order valence-electron chi connectivity index (χ2n) is 1.73. The van der Waals surface area contributed by atoms with Gasteiger partial charge in [0.2, 0.25) is 0 Å². The minimum Gasteiger partial charge on any atom is -0.394 e. The first-order chi connectivity index (χ1) is 3.72. The molecule has 0 saturated heterocycles. The van der Waals surface area contributed by atoms with E-state index in [4.69, 9.17) is 10.2 Å². The minimum atomic E-state index is -0.664. The average molecular weight is 136 g/mol. The van der Waals surface area contributed by atoms with Gasteiger partial charge in [-0.05, 0) is 6.42 Å². The van der Waals surface area contributed by atoms with Crippen molar-refractivity contribution in [2.24, 2.45) is 0 Å². The van der Waals surface area contributed by atoms with Crippen LogP contribution in [-0.4, -0.2) is 28.2 Å². The molecule has 0 bridgehead atoms. The molecule has 0 aliphatic rings. The van der Waals surface area contributed by atoms with Crippen molar-refractivity contribution in [3.63, 3.8) is 0 Å². The van der Waals surface area contributed by atoms with Crippen LogP contribution in [0.1, 0.15) is 13.3 Å². The van der Waals surface area contributed by atoms with E-state index in [0.717, 1.165) is 6.42 Å². The fourth-order valence-corrected chi connectivity index (χ4v) is 0.488. The Morgan fingerprint density at radius 2 is 2.12 bits per heavy atom. The van der Waals surface area contributed by atoms with Crippen molar-refractivity contribution in [2.75, 3.05) is 6.61 Å². The molecule has 0 aliphatic heterocycles. The lowest BCUT2D eigenvalue weighted by Gasteiger charge is -2.11. The molecule has 0 heterocycles. The quantitative estimate of drug-likeness (QED) is 0.480. The molecule has 2 nitrogen and oxygen atoms in total. The largest absolute Gasteiger partial charge is 0.394 e. The fraction of sp³-hybridized carbons (Fsp3) is 1.00. The molecular weight excluding hydrogens is 124 g/mol. The van der Waals surface area contributed by atoms with Gasteiger partial charge in [0.05, 0.1) is 12.7 Å². The first kappa shape index (κ1) is 8.27. The van der Waals surface area contributed by atoms with Gasteiger partial charge in [0.25, 0.3) is 0 Å². The Balaban J connectivity index is 3.29. The molecule has 0 rings (SSSR count). The zero-order valence-corrected chi connectivity index (χ0v) is 5.80. The average Bonchev–Trinajstić information content (AvgIpc) is 1.84. The summed E-state index contributed by atoms with van der Waals surface area (Å²) in [5.74, 6) is 0. The maximum absolute atomic E-state index is 8.80. The second kappa shape index (κ2) is 4.18. The van der Waals surface area contributed by atoms with Crippen molar-refractivity contribution in [3.05, 3.63) is 0 Å². The van der Waals surface area contributed by atoms with E-state index in [0.29, 0.717) is 0 Å². The van der Waals surface area contributed by atoms with Gasteiger partial charge in [-0.2, -0.15) is 12.6 Å². The Labute approximate surface area is 54.9 Å². The van der Waals surface area contributed by atoms with Crippen LogP contribution in [0, 0.1) is 0 Å². The standard InChI is InChI=1S/C5H12O2S/c1-2-5(8)4(7)3-6/h4-8H,2-3H2,1H3. The molecule has 0 aromatic carbocycles. The van der Waals surface area contributed by atoms with Crippen molar-refractivity contribution in [2.45, 2.75) is 24.7 Å². The summed E-state index contributed by atoms with van der Waals surface area (Å²) in [6, 6.07) is 0. The predicted molar refractivity (Wildman–Crippen MR) is 36.2 cm³/mol. The van der Waals surface area contributed by atoms with Gasteiger partial charge in [-0.3, -0.25) is 0 Å². The molecule has 0 amide bonds. The summed E-state index contributed by atoms with van der Waals surface area (Å²) in [6.07, 6.45) is 0.119. The van der Waals surface area contributed by atoms with Crippen molar-refractivity contribution in [3.8, 4) is 0 Å². The van der Waals surface area contributed by atoms with Gasteiger partial charge in [-0.1, -0.05) is 6.92 Å². The number of hydrogen-bond acceptors (Lipinski definition) is 3. The second-order valence-corrected chi connectivity index (χ2v) is 2.39. The molecule has 0 radical (unpaired) electrons. The summed E-state index contributed by atoms with van der Waals surface area (Å²) in [6.45, 7) is 1.72. The Bertz CT molecular complexity index is 50.4. The lowest BCUT2D eigenvalue weighted by Crippen LogP contribution is -2.23. The Morgan fingerprint density at radius 3 is 2.25 bits per heavy atom. The molecule has 8 heavy (non-hydrogen) atoms. The Morgan fingerprint density at radius 1 is 1.62 bits per heavy atom. The summed E-state index contributed by atoms with van der Waals surface area (Å²) in [7, 11) is 0. The molecular formula is C5H12O2S. The SMILES string of the molecule is CCC(S)C(O)CO. The molecule has 50 valence electrons. The molecule has 0 fully saturated rings. The molecule has 0 aliphatic carbocycles. The van der Waals surface area contributed by atoms with Crippen molar-refractivity contribution in [1.29, 1.82) is 0 Å². The Hall–Kier alpha value is 0.270. The topological polar surface area (TPSA) is 40.5 Å². The molecule has 2 unspecified atom stereocenters. The van der Waals surface area contributed by atoms with E-state index >= 15 is 0 Å². The van der Waals surface area contributed by atoms with Gasteiger partial charge in [0.1, 0.15) is 0 Å². The number of rotatable bonds is 3. The summed E-state index contributed by atoms with van der Waals surface area (Å²) in [5, 5.41) is 17.1. The van der Waals surface area contributed by atoms with E-state index in [1.165, 1.54) is 0 Å². The molecule has 3 heteroatoms. The number of aliphatic hydroxyl groups is 2. The highest BCUT2D eigenvalue weighted by molar-refractivity contribution is 7.81. The molecule has 0 aromatic heterocycles. The van der Waals surface area contributed by atoms with Crippen LogP contribution in [-0.2, 0) is 0 Å². The van der Waals surface area contributed by atoms with Gasteiger partial charge in [0.15, 0.2) is 0 Å². The predicted octanol–water partition coefficient (Wildman–Crippen LogP) is 0.0480. The monoisotopic (exact) mass is 136 g/mol. The van der Waals surface area contributed by atoms with E-state index in [1.807, 2.05) is 6.92 Å². The molecule has 0 saturated carbocycles. The van der Waals surface area contributed by atoms with Crippen LogP contribution in [0.2, 0.25) is 0 Å². The van der Waals surface area contributed by atoms with Gasteiger partial charge in [0, 0.05) is 5.25 Å². The molecule has 2 N–H and O–H groups in total. The maximum Gasteiger partial charge on any atom is 0.0886 e. The Kier molecular flexibility index (Phi) is 4.32. The van der Waals surface area contributed by atoms with E-state index in [-0.39, 0.29) is 11.9 Å². The number of thiol groups is 1. The van der Waals surface area contributed by atoms with Crippen LogP contribution in [0.3, 0.4) is 0 Å². The van der Waals surface area contributed by atoms with Crippen LogP contribution in [0.15, 0.2) is 0 Å². The normalized spacial score (nSPS) is 18.0. The highest BCUT2D eigenvalue weighted by Crippen LogP contribution is 2.04. The van der Waals surface area contributed by atoms with Crippen molar-refractivity contribution < 1.29 is 10.2 Å². The van der Waals surface area contributed by atoms with Crippen molar-refractivity contribution in [1.82, 2.24) is 0 Å². The first-order valence-corrected chi connectivity index (χ1v) is 3.21. The highest BCUT2D eigenvalue weighted by Gasteiger charge is 2.09. The summed E-state index contributed by atoms with van der Waals surface area (Å²) >= 11 is 3.99. The zero-order valence-electron chi connectivity index (χ0n) is 4.91.